The summed E-state index contributed by atoms with van der Waals surface area (Å²) in [4.78, 5) is 4.95. The van der Waals surface area contributed by atoms with Crippen LogP contribution in [0.5, 0.6) is 0 Å². The molecule has 0 amide bonds. The summed E-state index contributed by atoms with van der Waals surface area (Å²) in [5.41, 5.74) is 0.425. The number of rotatable bonds is 8. The highest BCUT2D eigenvalue weighted by Gasteiger charge is 2.32. The van der Waals surface area contributed by atoms with Crippen LogP contribution in [-0.2, 0) is 0 Å². The van der Waals surface area contributed by atoms with Gasteiger partial charge >= 0.3 is 0 Å². The van der Waals surface area contributed by atoms with Gasteiger partial charge in [-0.15, -0.1) is 0 Å². The van der Waals surface area contributed by atoms with Crippen LogP contribution in [0, 0.1) is 11.3 Å². The molecule has 0 saturated carbocycles. The molecule has 1 N–H and O–H groups in total. The van der Waals surface area contributed by atoms with E-state index in [1.807, 2.05) is 0 Å². The van der Waals surface area contributed by atoms with Crippen LogP contribution in [0.15, 0.2) is 0 Å². The van der Waals surface area contributed by atoms with E-state index in [9.17, 15) is 0 Å². The Balaban J connectivity index is 2.49. The van der Waals surface area contributed by atoms with Gasteiger partial charge in [0, 0.05) is 19.6 Å². The molecule has 1 rings (SSSR count). The molecular weight excluding hydrogens is 234 g/mol. The van der Waals surface area contributed by atoms with Crippen LogP contribution in [0.3, 0.4) is 0 Å². The molecule has 1 aliphatic heterocycles. The van der Waals surface area contributed by atoms with Crippen LogP contribution >= 0.6 is 0 Å². The van der Waals surface area contributed by atoms with Gasteiger partial charge in [-0.05, 0) is 64.3 Å². The van der Waals surface area contributed by atoms with Crippen molar-refractivity contribution in [3.63, 3.8) is 0 Å². The first-order valence-electron chi connectivity index (χ1n) is 8.03. The Labute approximate surface area is 120 Å². The Bertz CT molecular complexity index is 232. The van der Waals surface area contributed by atoms with Crippen molar-refractivity contribution in [2.24, 2.45) is 11.3 Å². The van der Waals surface area contributed by atoms with E-state index in [-0.39, 0.29) is 0 Å². The molecule has 1 aliphatic rings. The maximum atomic E-state index is 3.57. The molecule has 0 spiro atoms. The fourth-order valence-corrected chi connectivity index (χ4v) is 3.15. The fraction of sp³-hybridized carbons (Fsp3) is 1.00. The molecule has 114 valence electrons. The minimum atomic E-state index is 0.425. The minimum absolute atomic E-state index is 0.425. The van der Waals surface area contributed by atoms with Crippen LogP contribution in [0.2, 0.25) is 0 Å². The van der Waals surface area contributed by atoms with E-state index in [1.54, 1.807) is 0 Å². The predicted octanol–water partition coefficient (Wildman–Crippen LogP) is 2.29. The maximum Gasteiger partial charge on any atom is 0.0109 e. The second-order valence-corrected chi connectivity index (χ2v) is 7.11. The fourth-order valence-electron chi connectivity index (χ4n) is 3.15. The SMILES string of the molecule is CCCN(CCN(C)C)CC(C)(C)C1CCCNC1. The van der Waals surface area contributed by atoms with Gasteiger partial charge in [-0.3, -0.25) is 0 Å². The van der Waals surface area contributed by atoms with Crippen molar-refractivity contribution in [3.05, 3.63) is 0 Å². The third kappa shape index (κ3) is 6.24. The number of hydrogen-bond acceptors (Lipinski definition) is 3. The molecule has 3 heteroatoms. The van der Waals surface area contributed by atoms with Crippen LogP contribution in [0.4, 0.5) is 0 Å². The summed E-state index contributed by atoms with van der Waals surface area (Å²) in [5.74, 6) is 0.833. The molecule has 1 heterocycles. The smallest absolute Gasteiger partial charge is 0.0109 e. The van der Waals surface area contributed by atoms with Crippen LogP contribution in [0.25, 0.3) is 0 Å². The van der Waals surface area contributed by atoms with Gasteiger partial charge in [0.15, 0.2) is 0 Å². The highest BCUT2D eigenvalue weighted by molar-refractivity contribution is 4.85. The largest absolute Gasteiger partial charge is 0.316 e. The molecule has 0 aromatic heterocycles. The molecule has 0 aromatic carbocycles. The molecule has 0 aliphatic carbocycles. The first kappa shape index (κ1) is 16.9. The zero-order valence-corrected chi connectivity index (χ0v) is 13.8. The van der Waals surface area contributed by atoms with Crippen molar-refractivity contribution in [1.29, 1.82) is 0 Å². The van der Waals surface area contributed by atoms with Gasteiger partial charge in [0.05, 0.1) is 0 Å². The van der Waals surface area contributed by atoms with Gasteiger partial charge in [-0.2, -0.15) is 0 Å². The van der Waals surface area contributed by atoms with E-state index < -0.39 is 0 Å². The lowest BCUT2D eigenvalue weighted by Gasteiger charge is -2.41. The van der Waals surface area contributed by atoms with Crippen LogP contribution in [-0.4, -0.2) is 63.2 Å². The van der Waals surface area contributed by atoms with Gasteiger partial charge < -0.3 is 15.1 Å². The normalized spacial score (nSPS) is 21.3. The quantitative estimate of drug-likeness (QED) is 0.729. The van der Waals surface area contributed by atoms with Crippen molar-refractivity contribution in [1.82, 2.24) is 15.1 Å². The van der Waals surface area contributed by atoms with Crippen molar-refractivity contribution in [2.75, 3.05) is 53.4 Å². The summed E-state index contributed by atoms with van der Waals surface area (Å²) in [6.45, 7) is 14.5. The molecule has 3 nitrogen and oxygen atoms in total. The van der Waals surface area contributed by atoms with Crippen molar-refractivity contribution >= 4 is 0 Å². The highest BCUT2D eigenvalue weighted by Crippen LogP contribution is 2.32. The van der Waals surface area contributed by atoms with E-state index in [0.717, 1.165) is 5.92 Å². The third-order valence-electron chi connectivity index (χ3n) is 4.44. The second-order valence-electron chi connectivity index (χ2n) is 7.11. The summed E-state index contributed by atoms with van der Waals surface area (Å²) in [6.07, 6.45) is 4.00. The zero-order chi connectivity index (χ0) is 14.3. The minimum Gasteiger partial charge on any atom is -0.316 e. The lowest BCUT2D eigenvalue weighted by molar-refractivity contribution is 0.0958. The molecule has 19 heavy (non-hydrogen) atoms. The number of nitrogens with one attached hydrogen (secondary N) is 1. The lowest BCUT2D eigenvalue weighted by atomic mass is 9.74. The van der Waals surface area contributed by atoms with Crippen LogP contribution < -0.4 is 5.32 Å². The highest BCUT2D eigenvalue weighted by atomic mass is 15.2. The average molecular weight is 269 g/mol. The number of nitrogens with zero attached hydrogens (tertiary/aromatic N) is 2. The Morgan fingerprint density at radius 1 is 1.16 bits per heavy atom. The van der Waals surface area contributed by atoms with E-state index in [0.29, 0.717) is 5.41 Å². The van der Waals surface area contributed by atoms with E-state index in [1.165, 1.54) is 58.5 Å². The Kier molecular flexibility index (Phi) is 7.33. The summed E-state index contributed by atoms with van der Waals surface area (Å²) in [6, 6.07) is 0. The maximum absolute atomic E-state index is 3.57. The van der Waals surface area contributed by atoms with Crippen molar-refractivity contribution in [3.8, 4) is 0 Å². The summed E-state index contributed by atoms with van der Waals surface area (Å²) >= 11 is 0. The van der Waals surface area contributed by atoms with Gasteiger partial charge in [-0.25, -0.2) is 0 Å². The number of hydrogen-bond donors (Lipinski definition) is 1. The molecule has 1 atom stereocenters. The molecule has 0 radical (unpaired) electrons. The second kappa shape index (κ2) is 8.23. The van der Waals surface area contributed by atoms with Gasteiger partial charge in [-0.1, -0.05) is 20.8 Å². The van der Waals surface area contributed by atoms with Crippen molar-refractivity contribution < 1.29 is 0 Å². The predicted molar refractivity (Wildman–Crippen MR) is 84.7 cm³/mol. The molecule has 1 unspecified atom stereocenters. The molecule has 0 aromatic rings. The zero-order valence-electron chi connectivity index (χ0n) is 13.8. The van der Waals surface area contributed by atoms with Gasteiger partial charge in [0.25, 0.3) is 0 Å². The Morgan fingerprint density at radius 2 is 1.89 bits per heavy atom. The first-order chi connectivity index (χ1) is 8.95. The monoisotopic (exact) mass is 269 g/mol. The Morgan fingerprint density at radius 3 is 2.42 bits per heavy atom. The molecule has 1 fully saturated rings. The third-order valence-corrected chi connectivity index (χ3v) is 4.44. The molecular formula is C16H35N3. The standard InChI is InChI=1S/C16H35N3/c1-6-10-19(12-11-18(4)5)14-16(2,3)15-8-7-9-17-13-15/h15,17H,6-14H2,1-5H3. The Hall–Kier alpha value is -0.120. The van der Waals surface area contributed by atoms with Crippen LogP contribution in [0.1, 0.15) is 40.0 Å². The summed E-state index contributed by atoms with van der Waals surface area (Å²) < 4.78 is 0. The number of likely N-dealkylation sites (N-methyl/N-ethyl adjacent to an activating group) is 1. The average Bonchev–Trinajstić information content (AvgIpc) is 2.37. The molecule has 0 bridgehead atoms. The molecule has 1 saturated heterocycles. The van der Waals surface area contributed by atoms with E-state index >= 15 is 0 Å². The topological polar surface area (TPSA) is 18.5 Å². The van der Waals surface area contributed by atoms with E-state index in [4.69, 9.17) is 0 Å². The lowest BCUT2D eigenvalue weighted by Crippen LogP contribution is -2.46. The number of piperidine rings is 1. The first-order valence-corrected chi connectivity index (χ1v) is 8.03. The van der Waals surface area contributed by atoms with Gasteiger partial charge in [0.1, 0.15) is 0 Å². The summed E-state index contributed by atoms with van der Waals surface area (Å²) in [7, 11) is 4.33. The summed E-state index contributed by atoms with van der Waals surface area (Å²) in [5, 5.41) is 3.57. The van der Waals surface area contributed by atoms with Crippen molar-refractivity contribution in [2.45, 2.75) is 40.0 Å². The van der Waals surface area contributed by atoms with Gasteiger partial charge in [0.2, 0.25) is 0 Å². The van der Waals surface area contributed by atoms with E-state index in [2.05, 4.69) is 50.0 Å².